The average Bonchev–Trinajstić information content (AvgIpc) is 3.95. The Morgan fingerprint density at radius 3 is 1.69 bits per heavy atom. The number of piperidine rings is 2. The van der Waals surface area contributed by atoms with Crippen LogP contribution < -0.4 is 10.6 Å². The number of carbonyl (C=O) groups excluding carboxylic acids is 3. The van der Waals surface area contributed by atoms with Crippen molar-refractivity contribution in [3.8, 4) is 0 Å². The largest absolute Gasteiger partial charge is 0.453 e. The van der Waals surface area contributed by atoms with E-state index in [9.17, 15) is 14.4 Å². The van der Waals surface area contributed by atoms with Gasteiger partial charge in [0.2, 0.25) is 12.3 Å². The molecule has 2 aromatic heterocycles. The quantitative estimate of drug-likeness (QED) is 0.0914. The van der Waals surface area contributed by atoms with Gasteiger partial charge in [-0.25, -0.2) is 14.8 Å². The van der Waals surface area contributed by atoms with Crippen LogP contribution in [0.1, 0.15) is 83.8 Å². The number of alkyl carbamates (subject to hydrolysis) is 1. The fourth-order valence-corrected chi connectivity index (χ4v) is 9.92. The lowest BCUT2D eigenvalue weighted by Crippen LogP contribution is -2.50. The lowest BCUT2D eigenvalue weighted by molar-refractivity contribution is -0.335. The Bertz CT molecular complexity index is 2680. The van der Waals surface area contributed by atoms with E-state index in [2.05, 4.69) is 69.2 Å². The van der Waals surface area contributed by atoms with Gasteiger partial charge in [0.15, 0.2) is 6.79 Å². The molecule has 316 valence electrons. The zero-order valence-electron chi connectivity index (χ0n) is 34.3. The van der Waals surface area contributed by atoms with E-state index in [-0.39, 0.29) is 42.8 Å². The predicted octanol–water partition coefficient (Wildman–Crippen LogP) is 6.82. The summed E-state index contributed by atoms with van der Waals surface area (Å²) < 4.78 is 15.8. The number of ether oxygens (including phenoxy) is 3. The standard InChI is InChI=1S/C48H48N8O6/c1-60-47(59)53-41(29-12-4-2-5-13-29)45(57)55-37-22-31(37)24-39(55)43-49-33-18-16-27(20-35(33)51-43)10-8-9-11-28-17-19-34-36(21-28)52-44(50-34)40-25-32-23-38(32)56(40)46(58)42(54-48-61-26-62-48)30-14-6-3-7-15-30/h2-9,12-21,31-32,37-42,48,54H,10-11,22-26H2,1H3,(H,49,51)(H,50,52)(H,53,59)/b9-8+/t31-,32-,37?,38?,39+,40+,41-,42-/m1/s1. The molecule has 2 aliphatic carbocycles. The maximum atomic E-state index is 14.3. The molecule has 5 aliphatic rings. The van der Waals surface area contributed by atoms with E-state index >= 15 is 0 Å². The smallest absolute Gasteiger partial charge is 0.407 e. The van der Waals surface area contributed by atoms with Crippen LogP contribution in [-0.2, 0) is 36.6 Å². The monoisotopic (exact) mass is 832 g/mol. The Kier molecular flexibility index (Phi) is 9.85. The van der Waals surface area contributed by atoms with Crippen molar-refractivity contribution in [2.24, 2.45) is 11.8 Å². The van der Waals surface area contributed by atoms with Gasteiger partial charge in [0, 0.05) is 12.1 Å². The van der Waals surface area contributed by atoms with E-state index in [0.29, 0.717) is 17.4 Å². The normalized spacial score (nSPS) is 24.8. The fraction of sp³-hybridized carbons (Fsp3) is 0.354. The van der Waals surface area contributed by atoms with Crippen LogP contribution in [0.4, 0.5) is 4.79 Å². The van der Waals surface area contributed by atoms with Gasteiger partial charge in [-0.1, -0.05) is 84.9 Å². The van der Waals surface area contributed by atoms with Gasteiger partial charge < -0.3 is 39.3 Å². The zero-order chi connectivity index (χ0) is 41.9. The fourth-order valence-electron chi connectivity index (χ4n) is 9.92. The summed E-state index contributed by atoms with van der Waals surface area (Å²) in [5.41, 5.74) is 7.50. The van der Waals surface area contributed by atoms with Crippen molar-refractivity contribution in [2.75, 3.05) is 13.9 Å². The molecule has 5 fully saturated rings. The van der Waals surface area contributed by atoms with Crippen LogP contribution in [0.2, 0.25) is 0 Å². The van der Waals surface area contributed by atoms with Crippen molar-refractivity contribution in [3.63, 3.8) is 0 Å². The van der Waals surface area contributed by atoms with Crippen molar-refractivity contribution in [2.45, 2.75) is 81.2 Å². The van der Waals surface area contributed by atoms with Gasteiger partial charge in [0.25, 0.3) is 5.91 Å². The Labute approximate surface area is 358 Å². The summed E-state index contributed by atoms with van der Waals surface area (Å²) in [6.45, 7) is 0.218. The van der Waals surface area contributed by atoms with Crippen LogP contribution in [0.5, 0.6) is 0 Å². The molecular formula is C48H48N8O6. The molecule has 14 heteroatoms. The molecule has 62 heavy (non-hydrogen) atoms. The average molecular weight is 833 g/mol. The number of rotatable bonds is 13. The number of nitrogens with zero attached hydrogens (tertiary/aromatic N) is 4. The first-order valence-corrected chi connectivity index (χ1v) is 21.6. The number of benzene rings is 4. The lowest BCUT2D eigenvalue weighted by Gasteiger charge is -2.35. The second-order valence-electron chi connectivity index (χ2n) is 17.2. The number of hydrogen-bond donors (Lipinski definition) is 4. The van der Waals surface area contributed by atoms with E-state index in [1.165, 1.54) is 7.11 Å². The molecule has 0 spiro atoms. The number of likely N-dealkylation sites (tertiary alicyclic amines) is 2. The van der Waals surface area contributed by atoms with Gasteiger partial charge in [-0.05, 0) is 96.9 Å². The third-order valence-corrected chi connectivity index (χ3v) is 13.3. The number of H-pyrrole nitrogens is 2. The molecule has 14 nitrogen and oxygen atoms in total. The van der Waals surface area contributed by atoms with E-state index in [4.69, 9.17) is 24.2 Å². The van der Waals surface area contributed by atoms with Gasteiger partial charge in [-0.2, -0.15) is 0 Å². The van der Waals surface area contributed by atoms with Gasteiger partial charge in [-0.3, -0.25) is 14.9 Å². The molecular weight excluding hydrogens is 785 g/mol. The molecule has 2 saturated carbocycles. The number of fused-ring (bicyclic) bond motifs is 4. The second kappa shape index (κ2) is 15.8. The molecule has 3 aliphatic heterocycles. The number of carbonyl (C=O) groups is 3. The highest BCUT2D eigenvalue weighted by molar-refractivity contribution is 5.88. The summed E-state index contributed by atoms with van der Waals surface area (Å²) >= 11 is 0. The summed E-state index contributed by atoms with van der Waals surface area (Å²) in [4.78, 5) is 61.9. The van der Waals surface area contributed by atoms with E-state index in [1.807, 2.05) is 70.5 Å². The van der Waals surface area contributed by atoms with Gasteiger partial charge in [0.1, 0.15) is 23.7 Å². The first-order valence-electron chi connectivity index (χ1n) is 21.6. The number of imidazole rings is 2. The van der Waals surface area contributed by atoms with E-state index < -0.39 is 24.6 Å². The number of allylic oxidation sites excluding steroid dienone is 2. The maximum Gasteiger partial charge on any atom is 0.407 e. The Hall–Kier alpha value is -6.35. The van der Waals surface area contributed by atoms with Crippen molar-refractivity contribution in [1.82, 2.24) is 40.4 Å². The molecule has 2 unspecified atom stereocenters. The van der Waals surface area contributed by atoms with E-state index in [0.717, 1.165) is 88.9 Å². The molecule has 6 aromatic rings. The molecule has 5 heterocycles. The molecule has 3 saturated heterocycles. The summed E-state index contributed by atoms with van der Waals surface area (Å²) in [5, 5.41) is 6.03. The number of amides is 3. The molecule has 0 bridgehead atoms. The van der Waals surface area contributed by atoms with Crippen LogP contribution >= 0.6 is 0 Å². The van der Waals surface area contributed by atoms with Crippen LogP contribution in [-0.4, -0.2) is 80.0 Å². The number of nitrogens with one attached hydrogen (secondary N) is 4. The third-order valence-electron chi connectivity index (χ3n) is 13.3. The van der Waals surface area contributed by atoms with Crippen LogP contribution in [0.25, 0.3) is 22.1 Å². The molecule has 11 rings (SSSR count). The molecule has 3 amide bonds. The van der Waals surface area contributed by atoms with Gasteiger partial charge in [-0.15, -0.1) is 0 Å². The summed E-state index contributed by atoms with van der Waals surface area (Å²) in [7, 11) is 1.30. The highest BCUT2D eigenvalue weighted by atomic mass is 16.9. The molecule has 8 atom stereocenters. The summed E-state index contributed by atoms with van der Waals surface area (Å²) in [6, 6.07) is 30.2. The van der Waals surface area contributed by atoms with Gasteiger partial charge in [0.05, 0.1) is 41.3 Å². The maximum absolute atomic E-state index is 14.3. The Balaban J connectivity index is 0.751. The first kappa shape index (κ1) is 38.6. The predicted molar refractivity (Wildman–Crippen MR) is 229 cm³/mol. The zero-order valence-corrected chi connectivity index (χ0v) is 34.3. The Morgan fingerprint density at radius 2 is 1.21 bits per heavy atom. The minimum atomic E-state index is -0.859. The molecule has 0 radical (unpaired) electrons. The third kappa shape index (κ3) is 7.31. The van der Waals surface area contributed by atoms with Crippen molar-refractivity contribution in [1.29, 1.82) is 0 Å². The second-order valence-corrected chi connectivity index (χ2v) is 17.2. The van der Waals surface area contributed by atoms with Gasteiger partial charge >= 0.3 is 6.09 Å². The number of aromatic amines is 2. The number of methoxy groups -OCH3 is 1. The highest BCUT2D eigenvalue weighted by Gasteiger charge is 2.57. The Morgan fingerprint density at radius 1 is 0.710 bits per heavy atom. The summed E-state index contributed by atoms with van der Waals surface area (Å²) in [5.74, 6) is 2.35. The minimum Gasteiger partial charge on any atom is -0.453 e. The van der Waals surface area contributed by atoms with Crippen molar-refractivity contribution < 1.29 is 28.6 Å². The number of aromatic nitrogens is 4. The van der Waals surface area contributed by atoms with Crippen LogP contribution in [0, 0.1) is 11.8 Å². The first-order chi connectivity index (χ1) is 30.4. The van der Waals surface area contributed by atoms with Crippen LogP contribution in [0.15, 0.2) is 109 Å². The number of hydrogen-bond acceptors (Lipinski definition) is 9. The van der Waals surface area contributed by atoms with Crippen LogP contribution in [0.3, 0.4) is 0 Å². The summed E-state index contributed by atoms with van der Waals surface area (Å²) in [6.07, 6.45) is 8.31. The SMILES string of the molecule is COC(=O)N[C@@H](C(=O)N1C2C[C@@H]2C[C@H]1c1nc2cc(C/C=C/Cc3ccc4[nH]c([C@@H]5C[C@H]6CC6N5C(=O)[C@H](NC5OCO5)c5ccccc5)nc4c3)ccc2[nH]1)c1ccccc1. The minimum absolute atomic E-state index is 0.00998. The topological polar surface area (TPSA) is 167 Å². The lowest BCUT2D eigenvalue weighted by atomic mass is 10.0. The molecule has 4 aromatic carbocycles. The van der Waals surface area contributed by atoms with Crippen molar-refractivity contribution >= 4 is 40.0 Å². The highest BCUT2D eigenvalue weighted by Crippen LogP contribution is 2.55. The van der Waals surface area contributed by atoms with Crippen molar-refractivity contribution in [3.05, 3.63) is 143 Å². The van der Waals surface area contributed by atoms with E-state index in [1.54, 1.807) is 0 Å². The molecule has 4 N–H and O–H groups in total.